The van der Waals surface area contributed by atoms with Gasteiger partial charge in [-0.3, -0.25) is 14.5 Å². The molecule has 170 valence electrons. The van der Waals surface area contributed by atoms with E-state index in [1.54, 1.807) is 24.3 Å². The second-order valence-electron chi connectivity index (χ2n) is 8.79. The second kappa shape index (κ2) is 10.3. The van der Waals surface area contributed by atoms with Crippen molar-refractivity contribution in [3.8, 4) is 0 Å². The molecule has 2 aromatic rings. The molecule has 2 atom stereocenters. The van der Waals surface area contributed by atoms with Crippen molar-refractivity contribution >= 4 is 23.6 Å². The fraction of sp³-hybridized carbons (Fsp3) is 0.400. The first-order valence-corrected chi connectivity index (χ1v) is 11.0. The monoisotopic (exact) mass is 437 g/mol. The van der Waals surface area contributed by atoms with Gasteiger partial charge in [0.2, 0.25) is 11.8 Å². The summed E-state index contributed by atoms with van der Waals surface area (Å²) in [7, 11) is 0. The molecule has 1 aliphatic heterocycles. The van der Waals surface area contributed by atoms with E-state index in [1.165, 1.54) is 4.90 Å². The summed E-state index contributed by atoms with van der Waals surface area (Å²) in [6.07, 6.45) is -0.837. The number of nitrogens with one attached hydrogen (secondary N) is 2. The lowest BCUT2D eigenvalue weighted by atomic mass is 10.00. The van der Waals surface area contributed by atoms with Crippen LogP contribution in [0.5, 0.6) is 0 Å². The minimum absolute atomic E-state index is 0.0525. The van der Waals surface area contributed by atoms with Crippen molar-refractivity contribution in [2.24, 2.45) is 5.92 Å². The lowest BCUT2D eigenvalue weighted by Crippen LogP contribution is -2.48. The minimum atomic E-state index is -0.800. The number of cyclic esters (lactones) is 1. The Morgan fingerprint density at radius 1 is 1.00 bits per heavy atom. The standard InChI is InChI=1S/C25H31N3O4/c1-16(2)14-21(29)27-20-12-10-19(11-13-20)23-22(24(30)26-17(3)4)28(25(31)32-23)15-18-8-6-5-7-9-18/h5-13,16-17,22-23H,14-15H2,1-4H3,(H,26,30)(H,27,29). The number of amides is 3. The third-order valence-electron chi connectivity index (χ3n) is 5.10. The number of rotatable bonds is 8. The highest BCUT2D eigenvalue weighted by Gasteiger charge is 2.47. The van der Waals surface area contributed by atoms with E-state index in [0.717, 1.165) is 5.56 Å². The van der Waals surface area contributed by atoms with E-state index >= 15 is 0 Å². The van der Waals surface area contributed by atoms with Gasteiger partial charge in [0.05, 0.1) is 6.54 Å². The van der Waals surface area contributed by atoms with Crippen molar-refractivity contribution in [2.75, 3.05) is 5.32 Å². The van der Waals surface area contributed by atoms with Crippen molar-refractivity contribution in [3.05, 3.63) is 65.7 Å². The number of carbonyl (C=O) groups is 3. The number of hydrogen-bond acceptors (Lipinski definition) is 4. The molecule has 1 aliphatic rings. The second-order valence-corrected chi connectivity index (χ2v) is 8.79. The van der Waals surface area contributed by atoms with Gasteiger partial charge in [-0.25, -0.2) is 4.79 Å². The number of anilines is 1. The lowest BCUT2D eigenvalue weighted by molar-refractivity contribution is -0.126. The zero-order valence-electron chi connectivity index (χ0n) is 19.0. The summed E-state index contributed by atoms with van der Waals surface area (Å²) in [6, 6.07) is 15.7. The first kappa shape index (κ1) is 23.3. The molecule has 0 bridgehead atoms. The van der Waals surface area contributed by atoms with Gasteiger partial charge < -0.3 is 15.4 Å². The quantitative estimate of drug-likeness (QED) is 0.646. The van der Waals surface area contributed by atoms with E-state index in [2.05, 4.69) is 10.6 Å². The van der Waals surface area contributed by atoms with Gasteiger partial charge in [-0.05, 0) is 43.0 Å². The van der Waals surface area contributed by atoms with Gasteiger partial charge in [0.25, 0.3) is 0 Å². The maximum atomic E-state index is 13.1. The van der Waals surface area contributed by atoms with Gasteiger partial charge in [0.15, 0.2) is 12.1 Å². The maximum absolute atomic E-state index is 13.1. The highest BCUT2D eigenvalue weighted by molar-refractivity contribution is 5.91. The third-order valence-corrected chi connectivity index (χ3v) is 5.10. The zero-order valence-corrected chi connectivity index (χ0v) is 19.0. The van der Waals surface area contributed by atoms with E-state index in [9.17, 15) is 14.4 Å². The molecule has 1 saturated heterocycles. The van der Waals surface area contributed by atoms with E-state index in [0.29, 0.717) is 17.7 Å². The number of benzene rings is 2. The molecular weight excluding hydrogens is 406 g/mol. The first-order chi connectivity index (χ1) is 15.2. The molecule has 3 amide bonds. The number of hydrogen-bond donors (Lipinski definition) is 2. The number of ether oxygens (including phenoxy) is 1. The Labute approximate surface area is 189 Å². The minimum Gasteiger partial charge on any atom is -0.438 e. The van der Waals surface area contributed by atoms with Crippen molar-refractivity contribution in [1.82, 2.24) is 10.2 Å². The summed E-state index contributed by atoms with van der Waals surface area (Å²) in [4.78, 5) is 39.3. The molecule has 32 heavy (non-hydrogen) atoms. The molecule has 0 saturated carbocycles. The molecule has 7 heteroatoms. The highest BCUT2D eigenvalue weighted by atomic mass is 16.6. The summed E-state index contributed by atoms with van der Waals surface area (Å²) in [5.74, 6) is -0.0487. The molecule has 3 rings (SSSR count). The zero-order chi connectivity index (χ0) is 23.3. The predicted octanol–water partition coefficient (Wildman–Crippen LogP) is 4.26. The van der Waals surface area contributed by atoms with Crippen molar-refractivity contribution in [1.29, 1.82) is 0 Å². The van der Waals surface area contributed by atoms with E-state index in [1.807, 2.05) is 58.0 Å². The topological polar surface area (TPSA) is 87.7 Å². The Kier molecular flexibility index (Phi) is 7.51. The Morgan fingerprint density at radius 3 is 2.25 bits per heavy atom. The molecule has 1 fully saturated rings. The van der Waals surface area contributed by atoms with Gasteiger partial charge in [-0.2, -0.15) is 0 Å². The van der Waals surface area contributed by atoms with Crippen LogP contribution in [0, 0.1) is 5.92 Å². The van der Waals surface area contributed by atoms with Crippen molar-refractivity contribution < 1.29 is 19.1 Å². The average molecular weight is 438 g/mol. The molecule has 0 spiro atoms. The SMILES string of the molecule is CC(C)CC(=O)Nc1ccc(C2OC(=O)N(Cc3ccccc3)C2C(=O)NC(C)C)cc1. The molecule has 0 aromatic heterocycles. The fourth-order valence-electron chi connectivity index (χ4n) is 3.70. The van der Waals surface area contributed by atoms with Crippen LogP contribution in [0.1, 0.15) is 51.3 Å². The fourth-order valence-corrected chi connectivity index (χ4v) is 3.70. The smallest absolute Gasteiger partial charge is 0.411 e. The lowest BCUT2D eigenvalue weighted by Gasteiger charge is -2.25. The van der Waals surface area contributed by atoms with Gasteiger partial charge in [0.1, 0.15) is 0 Å². The predicted molar refractivity (Wildman–Crippen MR) is 123 cm³/mol. The van der Waals surface area contributed by atoms with Gasteiger partial charge in [-0.15, -0.1) is 0 Å². The van der Waals surface area contributed by atoms with Crippen molar-refractivity contribution in [2.45, 2.75) is 58.8 Å². The van der Waals surface area contributed by atoms with Gasteiger partial charge >= 0.3 is 6.09 Å². The van der Waals surface area contributed by atoms with Crippen LogP contribution >= 0.6 is 0 Å². The average Bonchev–Trinajstić information content (AvgIpc) is 3.04. The van der Waals surface area contributed by atoms with Crippen LogP contribution < -0.4 is 10.6 Å². The van der Waals surface area contributed by atoms with Crippen LogP contribution in [-0.2, 0) is 20.9 Å². The van der Waals surface area contributed by atoms with Crippen LogP contribution in [0.2, 0.25) is 0 Å². The van der Waals surface area contributed by atoms with Gasteiger partial charge in [0, 0.05) is 18.2 Å². The molecule has 1 heterocycles. The van der Waals surface area contributed by atoms with Crippen LogP contribution in [-0.4, -0.2) is 34.9 Å². The van der Waals surface area contributed by atoms with Gasteiger partial charge in [-0.1, -0.05) is 56.3 Å². The molecule has 0 radical (unpaired) electrons. The largest absolute Gasteiger partial charge is 0.438 e. The van der Waals surface area contributed by atoms with E-state index in [4.69, 9.17) is 4.74 Å². The molecular formula is C25H31N3O4. The molecule has 0 aliphatic carbocycles. The number of carbonyl (C=O) groups excluding carboxylic acids is 3. The van der Waals surface area contributed by atoms with Crippen LogP contribution in [0.4, 0.5) is 10.5 Å². The summed E-state index contributed by atoms with van der Waals surface area (Å²) in [5, 5.41) is 5.77. The number of nitrogens with zero attached hydrogens (tertiary/aromatic N) is 1. The van der Waals surface area contributed by atoms with Crippen molar-refractivity contribution in [3.63, 3.8) is 0 Å². The molecule has 2 aromatic carbocycles. The summed E-state index contributed by atoms with van der Waals surface area (Å²) in [6.45, 7) is 8.00. The molecule has 7 nitrogen and oxygen atoms in total. The van der Waals surface area contributed by atoms with E-state index in [-0.39, 0.29) is 30.3 Å². The molecule has 2 unspecified atom stereocenters. The maximum Gasteiger partial charge on any atom is 0.411 e. The molecule has 2 N–H and O–H groups in total. The summed E-state index contributed by atoms with van der Waals surface area (Å²) < 4.78 is 5.66. The van der Waals surface area contributed by atoms with Crippen LogP contribution in [0.25, 0.3) is 0 Å². The normalized spacial score (nSPS) is 18.1. The Balaban J connectivity index is 1.82. The summed E-state index contributed by atoms with van der Waals surface area (Å²) >= 11 is 0. The van der Waals surface area contributed by atoms with E-state index < -0.39 is 18.2 Å². The first-order valence-electron chi connectivity index (χ1n) is 11.0. The summed E-state index contributed by atoms with van der Waals surface area (Å²) in [5.41, 5.74) is 2.27. The Bertz CT molecular complexity index is 941. The Morgan fingerprint density at radius 2 is 1.66 bits per heavy atom. The van der Waals surface area contributed by atoms with Crippen LogP contribution in [0.3, 0.4) is 0 Å². The van der Waals surface area contributed by atoms with Crippen LogP contribution in [0.15, 0.2) is 54.6 Å². The Hall–Kier alpha value is -3.35. The highest BCUT2D eigenvalue weighted by Crippen LogP contribution is 2.34. The third kappa shape index (κ3) is 5.87.